The van der Waals surface area contributed by atoms with Gasteiger partial charge in [-0.3, -0.25) is 4.98 Å². The third-order valence-electron chi connectivity index (χ3n) is 3.84. The van der Waals surface area contributed by atoms with Gasteiger partial charge in [0, 0.05) is 24.2 Å². The second kappa shape index (κ2) is 6.09. The lowest BCUT2D eigenvalue weighted by atomic mass is 10.2. The smallest absolute Gasteiger partial charge is 0.241 e. The van der Waals surface area contributed by atoms with Crippen LogP contribution in [0, 0.1) is 0 Å². The van der Waals surface area contributed by atoms with Crippen LogP contribution in [-0.2, 0) is 10.0 Å². The van der Waals surface area contributed by atoms with Crippen molar-refractivity contribution in [3.63, 3.8) is 0 Å². The van der Waals surface area contributed by atoms with Gasteiger partial charge >= 0.3 is 0 Å². The van der Waals surface area contributed by atoms with Gasteiger partial charge in [0.1, 0.15) is 0 Å². The van der Waals surface area contributed by atoms with E-state index in [9.17, 15) is 8.42 Å². The molecule has 1 aromatic carbocycles. The lowest BCUT2D eigenvalue weighted by Crippen LogP contribution is -2.30. The lowest BCUT2D eigenvalue weighted by molar-refractivity contribution is 0.540. The van der Waals surface area contributed by atoms with Gasteiger partial charge in [-0.15, -0.1) is 0 Å². The quantitative estimate of drug-likeness (QED) is 0.881. The summed E-state index contributed by atoms with van der Waals surface area (Å²) in [6.45, 7) is 1.49. The van der Waals surface area contributed by atoms with Crippen molar-refractivity contribution in [2.75, 3.05) is 13.1 Å². The average Bonchev–Trinajstić information content (AvgIpc) is 3.00. The largest absolute Gasteiger partial charge is 0.314 e. The third-order valence-corrected chi connectivity index (χ3v) is 5.36. The van der Waals surface area contributed by atoms with Crippen LogP contribution < -0.4 is 10.0 Å². The number of hydrogen-bond donors (Lipinski definition) is 2. The normalized spacial score (nSPS) is 19.1. The number of fused-ring (bicyclic) bond motifs is 1. The zero-order chi connectivity index (χ0) is 14.7. The predicted octanol–water partition coefficient (Wildman–Crippen LogP) is 1.66. The number of pyridine rings is 1. The first-order chi connectivity index (χ1) is 10.2. The van der Waals surface area contributed by atoms with Crippen LogP contribution >= 0.6 is 0 Å². The van der Waals surface area contributed by atoms with Crippen LogP contribution in [0.15, 0.2) is 41.4 Å². The van der Waals surface area contributed by atoms with Crippen LogP contribution in [0.25, 0.3) is 10.9 Å². The highest BCUT2D eigenvalue weighted by molar-refractivity contribution is 7.89. The Hall–Kier alpha value is -1.50. The van der Waals surface area contributed by atoms with Crippen molar-refractivity contribution in [1.29, 1.82) is 0 Å². The molecule has 6 heteroatoms. The van der Waals surface area contributed by atoms with Gasteiger partial charge in [-0.25, -0.2) is 13.1 Å². The molecule has 2 N–H and O–H groups in total. The third kappa shape index (κ3) is 3.23. The van der Waals surface area contributed by atoms with Crippen molar-refractivity contribution in [3.8, 4) is 0 Å². The van der Waals surface area contributed by atoms with Crippen molar-refractivity contribution in [1.82, 2.24) is 15.0 Å². The fourth-order valence-electron chi connectivity index (χ4n) is 2.76. The molecule has 2 heterocycles. The maximum Gasteiger partial charge on any atom is 0.241 e. The van der Waals surface area contributed by atoms with Crippen molar-refractivity contribution in [2.45, 2.75) is 30.2 Å². The van der Waals surface area contributed by atoms with Gasteiger partial charge in [0.2, 0.25) is 10.0 Å². The van der Waals surface area contributed by atoms with Crippen LogP contribution in [0.4, 0.5) is 0 Å². The highest BCUT2D eigenvalue weighted by Gasteiger charge is 2.19. The zero-order valence-electron chi connectivity index (χ0n) is 11.7. The minimum Gasteiger partial charge on any atom is -0.314 e. The average molecular weight is 305 g/mol. The molecule has 0 bridgehead atoms. The molecule has 3 rings (SSSR count). The first kappa shape index (κ1) is 14.4. The fourth-order valence-corrected chi connectivity index (χ4v) is 4.02. The molecule has 0 amide bonds. The summed E-state index contributed by atoms with van der Waals surface area (Å²) >= 11 is 0. The van der Waals surface area contributed by atoms with Gasteiger partial charge in [0.15, 0.2) is 0 Å². The predicted molar refractivity (Wildman–Crippen MR) is 82.6 cm³/mol. The summed E-state index contributed by atoms with van der Waals surface area (Å²) in [5.74, 6) is 0. The Labute approximate surface area is 124 Å². The summed E-state index contributed by atoms with van der Waals surface area (Å²) in [5.41, 5.74) is 0.692. The van der Waals surface area contributed by atoms with E-state index in [1.807, 2.05) is 6.07 Å². The summed E-state index contributed by atoms with van der Waals surface area (Å²) in [4.78, 5) is 4.50. The second-order valence-electron chi connectivity index (χ2n) is 5.31. The van der Waals surface area contributed by atoms with E-state index in [0.29, 0.717) is 28.4 Å². The Kier molecular flexibility index (Phi) is 4.19. The number of nitrogens with one attached hydrogen (secondary N) is 2. The Balaban J connectivity index is 1.76. The maximum absolute atomic E-state index is 12.5. The van der Waals surface area contributed by atoms with E-state index in [0.717, 1.165) is 19.4 Å². The van der Waals surface area contributed by atoms with Crippen LogP contribution in [0.5, 0.6) is 0 Å². The van der Waals surface area contributed by atoms with Crippen LogP contribution in [-0.4, -0.2) is 32.5 Å². The van der Waals surface area contributed by atoms with Crippen LogP contribution in [0.2, 0.25) is 0 Å². The van der Waals surface area contributed by atoms with Crippen molar-refractivity contribution >= 4 is 20.9 Å². The first-order valence-electron chi connectivity index (χ1n) is 7.24. The summed E-state index contributed by atoms with van der Waals surface area (Å²) in [6.07, 6.45) is 4.78. The molecule has 2 aromatic rings. The van der Waals surface area contributed by atoms with Crippen LogP contribution in [0.1, 0.15) is 19.3 Å². The molecule has 1 aromatic heterocycles. The van der Waals surface area contributed by atoms with Gasteiger partial charge in [-0.1, -0.05) is 6.07 Å². The van der Waals surface area contributed by atoms with Gasteiger partial charge in [-0.05, 0) is 50.1 Å². The number of aromatic nitrogens is 1. The van der Waals surface area contributed by atoms with Gasteiger partial charge in [0.25, 0.3) is 0 Å². The molecule has 1 aliphatic heterocycles. The number of sulfonamides is 1. The van der Waals surface area contributed by atoms with E-state index in [4.69, 9.17) is 0 Å². The molecule has 112 valence electrons. The standard InChI is InChI=1S/C15H19N3O2S/c19-21(20,18-11-8-12-4-2-9-16-12)15-7-1-6-14-13(15)5-3-10-17-14/h1,3,5-7,10,12,16,18H,2,4,8-9,11H2/t12-/m0/s1. The molecular formula is C15H19N3O2S. The topological polar surface area (TPSA) is 71.1 Å². The molecule has 0 saturated carbocycles. The molecule has 0 aliphatic carbocycles. The van der Waals surface area contributed by atoms with Gasteiger partial charge in [0.05, 0.1) is 10.4 Å². The monoisotopic (exact) mass is 305 g/mol. The molecule has 1 aliphatic rings. The summed E-state index contributed by atoms with van der Waals surface area (Å²) < 4.78 is 27.6. The summed E-state index contributed by atoms with van der Waals surface area (Å²) in [7, 11) is -3.50. The minimum absolute atomic E-state index is 0.299. The fraction of sp³-hybridized carbons (Fsp3) is 0.400. The van der Waals surface area contributed by atoms with Crippen LogP contribution in [0.3, 0.4) is 0 Å². The van der Waals surface area contributed by atoms with Gasteiger partial charge in [-0.2, -0.15) is 0 Å². The van der Waals surface area contributed by atoms with Crippen molar-refractivity contribution < 1.29 is 8.42 Å². The molecule has 1 saturated heterocycles. The van der Waals surface area contributed by atoms with E-state index in [2.05, 4.69) is 15.0 Å². The Morgan fingerprint density at radius 2 is 2.19 bits per heavy atom. The van der Waals surface area contributed by atoms with E-state index < -0.39 is 10.0 Å². The second-order valence-corrected chi connectivity index (χ2v) is 7.04. The highest BCUT2D eigenvalue weighted by Crippen LogP contribution is 2.21. The van der Waals surface area contributed by atoms with E-state index in [-0.39, 0.29) is 0 Å². The molecule has 1 fully saturated rings. The molecule has 0 radical (unpaired) electrons. The molecule has 5 nitrogen and oxygen atoms in total. The first-order valence-corrected chi connectivity index (χ1v) is 8.72. The lowest BCUT2D eigenvalue weighted by Gasteiger charge is -2.12. The highest BCUT2D eigenvalue weighted by atomic mass is 32.2. The Morgan fingerprint density at radius 3 is 3.00 bits per heavy atom. The number of hydrogen-bond acceptors (Lipinski definition) is 4. The Bertz CT molecular complexity index is 719. The molecule has 1 atom stereocenters. The number of rotatable bonds is 5. The molecule has 21 heavy (non-hydrogen) atoms. The number of nitrogens with zero attached hydrogens (tertiary/aromatic N) is 1. The molecule has 0 unspecified atom stereocenters. The summed E-state index contributed by atoms with van der Waals surface area (Å²) in [5, 5.41) is 4.03. The number of benzene rings is 1. The maximum atomic E-state index is 12.5. The minimum atomic E-state index is -3.50. The van der Waals surface area contributed by atoms with Crippen molar-refractivity contribution in [3.05, 3.63) is 36.5 Å². The summed E-state index contributed by atoms with van der Waals surface area (Å²) in [6, 6.07) is 9.14. The molecule has 0 spiro atoms. The van der Waals surface area contributed by atoms with E-state index in [1.165, 1.54) is 6.42 Å². The molecular weight excluding hydrogens is 286 g/mol. The zero-order valence-corrected chi connectivity index (χ0v) is 12.6. The van der Waals surface area contributed by atoms with E-state index in [1.54, 1.807) is 30.5 Å². The Morgan fingerprint density at radius 1 is 1.29 bits per heavy atom. The van der Waals surface area contributed by atoms with Crippen molar-refractivity contribution in [2.24, 2.45) is 0 Å². The SMILES string of the molecule is O=S(=O)(NCC[C@@H]1CCCN1)c1cccc2ncccc12. The van der Waals surface area contributed by atoms with E-state index >= 15 is 0 Å². The van der Waals surface area contributed by atoms with Gasteiger partial charge < -0.3 is 5.32 Å².